The van der Waals surface area contributed by atoms with Crippen molar-refractivity contribution in [2.75, 3.05) is 28.2 Å². The van der Waals surface area contributed by atoms with E-state index in [0.717, 1.165) is 23.3 Å². The molecule has 0 radical (unpaired) electrons. The molecule has 0 saturated carbocycles. The minimum atomic E-state index is -2.25. The zero-order valence-corrected chi connectivity index (χ0v) is 14.4. The number of halogens is 1. The van der Waals surface area contributed by atoms with E-state index in [1.165, 1.54) is 0 Å². The van der Waals surface area contributed by atoms with E-state index in [1.807, 2.05) is 12.1 Å². The lowest BCUT2D eigenvalue weighted by molar-refractivity contribution is 0.112. The summed E-state index contributed by atoms with van der Waals surface area (Å²) < 4.78 is 48.9. The van der Waals surface area contributed by atoms with Gasteiger partial charge in [-0.15, -0.1) is 12.4 Å². The van der Waals surface area contributed by atoms with Crippen LogP contribution in [0.1, 0.15) is 24.1 Å². The van der Waals surface area contributed by atoms with Crippen LogP contribution in [-0.2, 0) is 6.54 Å². The van der Waals surface area contributed by atoms with Crippen molar-refractivity contribution in [3.8, 4) is 11.5 Å². The first-order valence-corrected chi connectivity index (χ1v) is 6.64. The Morgan fingerprint density at radius 1 is 1.04 bits per heavy atom. The Kier molecular flexibility index (Phi) is 9.40. The maximum absolute atomic E-state index is 10.2. The molecule has 0 atom stereocenters. The Morgan fingerprint density at radius 3 is 1.88 bits per heavy atom. The van der Waals surface area contributed by atoms with Crippen molar-refractivity contribution in [3.63, 3.8) is 0 Å². The molecule has 2 aromatic rings. The quantitative estimate of drug-likeness (QED) is 0.802. The third-order valence-electron chi connectivity index (χ3n) is 2.70. The van der Waals surface area contributed by atoms with Crippen molar-refractivity contribution in [2.45, 2.75) is 6.54 Å². The number of benzene rings is 2. The second-order valence-electron chi connectivity index (χ2n) is 4.09. The normalized spacial score (nSPS) is 13.1. The monoisotopic (exact) mass is 360 g/mol. The van der Waals surface area contributed by atoms with Gasteiger partial charge < -0.3 is 20.5 Å². The van der Waals surface area contributed by atoms with Crippen LogP contribution in [0.5, 0.6) is 11.5 Å². The Labute approximate surface area is 159 Å². The molecule has 3 N–H and O–H groups in total. The standard InChI is InChI=1S/C9H13NO.C8H8O2.CH5N.ClH/c1-10-7-8-3-5-9(11-2)6-4-8;1-10-8-4-2-7(6-9)3-5-8;1-2;/h3-6,10H,7H2,1-2H3;2-6H,1H3;2H2,1H3;1H/i1D3;;1D3;. The summed E-state index contributed by atoms with van der Waals surface area (Å²) in [5.74, 6) is 1.54. The topological polar surface area (TPSA) is 73.6 Å². The highest BCUT2D eigenvalue weighted by Crippen LogP contribution is 2.10. The predicted octanol–water partition coefficient (Wildman–Crippen LogP) is 2.92. The summed E-state index contributed by atoms with van der Waals surface area (Å²) in [6, 6.07) is 14.2. The van der Waals surface area contributed by atoms with Crippen molar-refractivity contribution in [3.05, 3.63) is 59.7 Å². The van der Waals surface area contributed by atoms with E-state index in [0.29, 0.717) is 12.1 Å². The molecule has 0 amide bonds. The summed E-state index contributed by atoms with van der Waals surface area (Å²) in [6.45, 7) is -4.00. The number of carbonyl (C=O) groups is 1. The molecule has 0 aliphatic rings. The Morgan fingerprint density at radius 2 is 1.50 bits per heavy atom. The average Bonchev–Trinajstić information content (AvgIpc) is 2.65. The third kappa shape index (κ3) is 9.84. The highest BCUT2D eigenvalue weighted by atomic mass is 35.5. The van der Waals surface area contributed by atoms with Gasteiger partial charge in [-0.05, 0) is 55.9 Å². The van der Waals surface area contributed by atoms with E-state index in [2.05, 4.69) is 11.1 Å². The van der Waals surface area contributed by atoms with Gasteiger partial charge in [-0.2, -0.15) is 0 Å². The molecular formula is C18H27ClN2O3. The fourth-order valence-electron chi connectivity index (χ4n) is 1.53. The first kappa shape index (κ1) is 14.3. The first-order chi connectivity index (χ1) is 13.4. The molecule has 6 heteroatoms. The minimum Gasteiger partial charge on any atom is -0.497 e. The lowest BCUT2D eigenvalue weighted by Gasteiger charge is -2.01. The summed E-state index contributed by atoms with van der Waals surface area (Å²) in [5.41, 5.74) is 5.94. The number of hydrogen-bond donors (Lipinski definition) is 2. The van der Waals surface area contributed by atoms with Gasteiger partial charge in [-0.3, -0.25) is 4.79 Å². The zero-order chi connectivity index (χ0) is 22.5. The van der Waals surface area contributed by atoms with Gasteiger partial charge in [0.2, 0.25) is 0 Å². The van der Waals surface area contributed by atoms with Crippen molar-refractivity contribution >= 4 is 18.7 Å². The number of nitrogens with two attached hydrogens (primary N) is 1. The van der Waals surface area contributed by atoms with E-state index >= 15 is 0 Å². The van der Waals surface area contributed by atoms with Crippen LogP contribution in [0.3, 0.4) is 0 Å². The van der Waals surface area contributed by atoms with Crippen molar-refractivity contribution in [1.82, 2.24) is 5.32 Å². The lowest BCUT2D eigenvalue weighted by Crippen LogP contribution is -2.04. The van der Waals surface area contributed by atoms with Gasteiger partial charge >= 0.3 is 0 Å². The molecule has 0 saturated heterocycles. The molecule has 2 aromatic carbocycles. The molecule has 24 heavy (non-hydrogen) atoms. The van der Waals surface area contributed by atoms with Crippen LogP contribution in [0.25, 0.3) is 0 Å². The molecule has 0 heterocycles. The number of carbonyl (C=O) groups excluding carboxylic acids is 1. The van der Waals surface area contributed by atoms with E-state index in [4.69, 9.17) is 17.7 Å². The highest BCUT2D eigenvalue weighted by Gasteiger charge is 1.91. The maximum atomic E-state index is 10.2. The number of hydrogen-bond acceptors (Lipinski definition) is 5. The molecule has 0 fully saturated rings. The second kappa shape index (κ2) is 15.8. The van der Waals surface area contributed by atoms with E-state index in [-0.39, 0.29) is 12.4 Å². The van der Waals surface area contributed by atoms with Crippen LogP contribution < -0.4 is 20.5 Å². The van der Waals surface area contributed by atoms with Crippen LogP contribution in [0, 0.1) is 0 Å². The molecule has 0 spiro atoms. The fraction of sp³-hybridized carbons (Fsp3) is 0.278. The molecule has 0 aliphatic heterocycles. The Balaban J connectivity index is 0. The van der Waals surface area contributed by atoms with Crippen LogP contribution in [0.4, 0.5) is 0 Å². The average molecular weight is 361 g/mol. The second-order valence-corrected chi connectivity index (χ2v) is 4.09. The number of methoxy groups -OCH3 is 2. The van der Waals surface area contributed by atoms with Crippen LogP contribution in [0.15, 0.2) is 48.5 Å². The molecule has 0 aliphatic carbocycles. The van der Waals surface area contributed by atoms with Gasteiger partial charge in [0.05, 0.1) is 14.2 Å². The SMILES string of the molecule is COc1ccc(C=O)cc1.Cl.[2H]C([2H])([2H])N.[2H]C([2H])([2H])NCc1ccc(OC)cc1. The largest absolute Gasteiger partial charge is 0.497 e. The molecule has 5 nitrogen and oxygen atoms in total. The van der Waals surface area contributed by atoms with E-state index < -0.39 is 14.0 Å². The number of aldehydes is 1. The first-order valence-electron chi connectivity index (χ1n) is 9.64. The zero-order valence-electron chi connectivity index (χ0n) is 19.6. The lowest BCUT2D eigenvalue weighted by atomic mass is 10.2. The number of nitrogens with one attached hydrogen (secondary N) is 1. The van der Waals surface area contributed by atoms with Crippen LogP contribution in [-0.4, -0.2) is 34.5 Å². The highest BCUT2D eigenvalue weighted by molar-refractivity contribution is 5.85. The Hall–Kier alpha value is -2.08. The minimum absolute atomic E-state index is 0. The van der Waals surface area contributed by atoms with Gasteiger partial charge in [0, 0.05) is 20.3 Å². The van der Waals surface area contributed by atoms with Crippen LogP contribution in [0.2, 0.25) is 0 Å². The third-order valence-corrected chi connectivity index (χ3v) is 2.70. The molecular weight excluding hydrogens is 328 g/mol. The number of ether oxygens (including phenoxy) is 2. The summed E-state index contributed by atoms with van der Waals surface area (Å²) in [6.07, 6.45) is 0.805. The fourth-order valence-corrected chi connectivity index (χ4v) is 1.53. The molecule has 0 unspecified atom stereocenters. The molecule has 0 bridgehead atoms. The van der Waals surface area contributed by atoms with E-state index in [1.54, 1.807) is 50.6 Å². The molecule has 2 rings (SSSR count). The van der Waals surface area contributed by atoms with Crippen LogP contribution >= 0.6 is 12.4 Å². The van der Waals surface area contributed by atoms with Crippen molar-refractivity contribution in [1.29, 1.82) is 0 Å². The smallest absolute Gasteiger partial charge is 0.150 e. The predicted molar refractivity (Wildman–Crippen MR) is 101 cm³/mol. The van der Waals surface area contributed by atoms with Gasteiger partial charge in [0.1, 0.15) is 17.8 Å². The summed E-state index contributed by atoms with van der Waals surface area (Å²) >= 11 is 0. The molecule has 134 valence electrons. The van der Waals surface area contributed by atoms with Crippen molar-refractivity contribution < 1.29 is 22.5 Å². The summed E-state index contributed by atoms with van der Waals surface area (Å²) in [5, 5.41) is 2.43. The molecule has 0 aromatic heterocycles. The number of rotatable bonds is 5. The Bertz CT molecular complexity index is 702. The maximum Gasteiger partial charge on any atom is 0.150 e. The van der Waals surface area contributed by atoms with E-state index in [9.17, 15) is 4.79 Å². The van der Waals surface area contributed by atoms with Gasteiger partial charge in [-0.25, -0.2) is 0 Å². The summed E-state index contributed by atoms with van der Waals surface area (Å²) in [7, 11) is 3.19. The summed E-state index contributed by atoms with van der Waals surface area (Å²) in [4.78, 5) is 10.2. The van der Waals surface area contributed by atoms with Crippen molar-refractivity contribution in [2.24, 2.45) is 5.73 Å². The van der Waals surface area contributed by atoms with Gasteiger partial charge in [0.15, 0.2) is 0 Å². The van der Waals surface area contributed by atoms with Gasteiger partial charge in [0.25, 0.3) is 0 Å². The van der Waals surface area contributed by atoms with Gasteiger partial charge in [-0.1, -0.05) is 12.1 Å².